The molecule has 25 heavy (non-hydrogen) atoms. The van der Waals surface area contributed by atoms with Crippen LogP contribution in [0, 0.1) is 13.8 Å². The minimum absolute atomic E-state index is 0.0532. The van der Waals surface area contributed by atoms with Crippen molar-refractivity contribution in [1.82, 2.24) is 14.9 Å². The van der Waals surface area contributed by atoms with E-state index in [4.69, 9.17) is 4.42 Å². The molecule has 0 fully saturated rings. The Labute approximate surface area is 147 Å². The van der Waals surface area contributed by atoms with E-state index in [0.717, 1.165) is 28.4 Å². The van der Waals surface area contributed by atoms with Crippen LogP contribution >= 0.6 is 0 Å². The lowest BCUT2D eigenvalue weighted by atomic mass is 10.1. The molecule has 0 saturated carbocycles. The number of aryl methyl sites for hydroxylation is 2. The Morgan fingerprint density at radius 2 is 1.88 bits per heavy atom. The van der Waals surface area contributed by atoms with Gasteiger partial charge in [-0.15, -0.1) is 0 Å². The normalized spacial score (nSPS) is 12.0. The second-order valence-corrected chi connectivity index (χ2v) is 6.13. The van der Waals surface area contributed by atoms with Crippen molar-refractivity contribution in [3.05, 3.63) is 71.6 Å². The lowest BCUT2D eigenvalue weighted by molar-refractivity contribution is 0.0726. The highest BCUT2D eigenvalue weighted by Gasteiger charge is 2.20. The fourth-order valence-corrected chi connectivity index (χ4v) is 2.68. The molecule has 5 heteroatoms. The highest BCUT2D eigenvalue weighted by atomic mass is 16.3. The van der Waals surface area contributed by atoms with Crippen molar-refractivity contribution < 1.29 is 9.21 Å². The molecule has 3 aromatic rings. The second kappa shape index (κ2) is 6.89. The van der Waals surface area contributed by atoms with Gasteiger partial charge in [-0.25, -0.2) is 4.98 Å². The monoisotopic (exact) mass is 335 g/mol. The number of amides is 1. The summed E-state index contributed by atoms with van der Waals surface area (Å²) in [6.07, 6.45) is 3.37. The van der Waals surface area contributed by atoms with E-state index >= 15 is 0 Å². The number of furan rings is 1. The van der Waals surface area contributed by atoms with Gasteiger partial charge in [-0.3, -0.25) is 9.78 Å². The topological polar surface area (TPSA) is 59.2 Å². The molecular weight excluding hydrogens is 314 g/mol. The van der Waals surface area contributed by atoms with Crippen molar-refractivity contribution in [2.75, 3.05) is 7.05 Å². The summed E-state index contributed by atoms with van der Waals surface area (Å²) in [7, 11) is 1.78. The summed E-state index contributed by atoms with van der Waals surface area (Å²) in [5.74, 6) is 0.709. The van der Waals surface area contributed by atoms with Gasteiger partial charge in [0.15, 0.2) is 0 Å². The molecule has 1 aromatic carbocycles. The van der Waals surface area contributed by atoms with Gasteiger partial charge in [0.1, 0.15) is 5.76 Å². The summed E-state index contributed by atoms with van der Waals surface area (Å²) in [4.78, 5) is 23.3. The highest BCUT2D eigenvalue weighted by Crippen LogP contribution is 2.23. The minimum atomic E-state index is -0.132. The van der Waals surface area contributed by atoms with Crippen molar-refractivity contribution in [3.63, 3.8) is 0 Å². The zero-order chi connectivity index (χ0) is 18.0. The number of nitrogens with zero attached hydrogens (tertiary/aromatic N) is 3. The van der Waals surface area contributed by atoms with Gasteiger partial charge in [-0.1, -0.05) is 12.1 Å². The van der Waals surface area contributed by atoms with E-state index in [1.54, 1.807) is 24.4 Å². The average molecular weight is 335 g/mol. The van der Waals surface area contributed by atoms with Gasteiger partial charge in [0, 0.05) is 24.4 Å². The highest BCUT2D eigenvalue weighted by molar-refractivity contribution is 5.94. The molecule has 0 unspecified atom stereocenters. The standard InChI is InChI=1S/C20H21N3O2/c1-13-12-21-14(2)19(22-13)16-7-9-17(10-8-16)20(24)23(4)15(3)18-6-5-11-25-18/h5-12,15H,1-4H3/t15-/m1/s1. The number of hydrogen-bond donors (Lipinski definition) is 0. The lowest BCUT2D eigenvalue weighted by Gasteiger charge is -2.23. The fourth-order valence-electron chi connectivity index (χ4n) is 2.68. The van der Waals surface area contributed by atoms with Crippen LogP contribution in [0.25, 0.3) is 11.3 Å². The molecular formula is C20H21N3O2. The third-order valence-electron chi connectivity index (χ3n) is 4.34. The van der Waals surface area contributed by atoms with Gasteiger partial charge in [0.2, 0.25) is 0 Å². The second-order valence-electron chi connectivity index (χ2n) is 6.13. The molecule has 0 radical (unpaired) electrons. The lowest BCUT2D eigenvalue weighted by Crippen LogP contribution is -2.29. The van der Waals surface area contributed by atoms with Crippen LogP contribution in [0.2, 0.25) is 0 Å². The summed E-state index contributed by atoms with van der Waals surface area (Å²) in [6, 6.07) is 11.0. The predicted octanol–water partition coefficient (Wildman–Crippen LogP) is 4.19. The molecule has 0 aliphatic rings. The van der Waals surface area contributed by atoms with Gasteiger partial charge in [-0.05, 0) is 45.0 Å². The van der Waals surface area contributed by atoms with E-state index in [9.17, 15) is 4.79 Å². The molecule has 0 spiro atoms. The molecule has 0 saturated heterocycles. The summed E-state index contributed by atoms with van der Waals surface area (Å²) in [5.41, 5.74) is 4.16. The first-order chi connectivity index (χ1) is 12.0. The number of benzene rings is 1. The molecule has 128 valence electrons. The Balaban J connectivity index is 1.82. The summed E-state index contributed by atoms with van der Waals surface area (Å²) in [5, 5.41) is 0. The zero-order valence-electron chi connectivity index (χ0n) is 14.9. The molecule has 0 aliphatic carbocycles. The number of carbonyl (C=O) groups is 1. The molecule has 5 nitrogen and oxygen atoms in total. The van der Waals surface area contributed by atoms with Crippen LogP contribution in [0.5, 0.6) is 0 Å². The molecule has 0 N–H and O–H groups in total. The van der Waals surface area contributed by atoms with Gasteiger partial charge < -0.3 is 9.32 Å². The minimum Gasteiger partial charge on any atom is -0.467 e. The zero-order valence-corrected chi connectivity index (χ0v) is 14.9. The number of hydrogen-bond acceptors (Lipinski definition) is 4. The largest absolute Gasteiger partial charge is 0.467 e. The van der Waals surface area contributed by atoms with Crippen molar-refractivity contribution in [2.45, 2.75) is 26.8 Å². The molecule has 2 heterocycles. The number of rotatable bonds is 4. The molecule has 2 aromatic heterocycles. The van der Waals surface area contributed by atoms with E-state index in [2.05, 4.69) is 9.97 Å². The summed E-state index contributed by atoms with van der Waals surface area (Å²) >= 11 is 0. The van der Waals surface area contributed by atoms with E-state index in [-0.39, 0.29) is 11.9 Å². The van der Waals surface area contributed by atoms with E-state index in [1.165, 1.54) is 0 Å². The molecule has 1 atom stereocenters. The van der Waals surface area contributed by atoms with Crippen LogP contribution in [0.4, 0.5) is 0 Å². The third kappa shape index (κ3) is 3.45. The maximum absolute atomic E-state index is 12.7. The van der Waals surface area contributed by atoms with Crippen LogP contribution in [0.1, 0.15) is 40.5 Å². The average Bonchev–Trinajstić information content (AvgIpc) is 3.16. The van der Waals surface area contributed by atoms with Gasteiger partial charge in [-0.2, -0.15) is 0 Å². The Kier molecular flexibility index (Phi) is 4.65. The Bertz CT molecular complexity index is 870. The Hall–Kier alpha value is -2.95. The first-order valence-electron chi connectivity index (χ1n) is 8.18. The van der Waals surface area contributed by atoms with Crippen molar-refractivity contribution in [1.29, 1.82) is 0 Å². The maximum atomic E-state index is 12.7. The van der Waals surface area contributed by atoms with Crippen LogP contribution in [-0.4, -0.2) is 27.8 Å². The van der Waals surface area contributed by atoms with Crippen molar-refractivity contribution in [2.24, 2.45) is 0 Å². The number of carbonyl (C=O) groups excluding carboxylic acids is 1. The summed E-state index contributed by atoms with van der Waals surface area (Å²) < 4.78 is 5.39. The predicted molar refractivity (Wildman–Crippen MR) is 96.2 cm³/mol. The maximum Gasteiger partial charge on any atom is 0.254 e. The van der Waals surface area contributed by atoms with E-state index < -0.39 is 0 Å². The Morgan fingerprint density at radius 1 is 1.16 bits per heavy atom. The summed E-state index contributed by atoms with van der Waals surface area (Å²) in [6.45, 7) is 5.79. The van der Waals surface area contributed by atoms with E-state index in [0.29, 0.717) is 5.56 Å². The SMILES string of the molecule is Cc1cnc(C)c(-c2ccc(C(=O)N(C)[C@H](C)c3ccco3)cc2)n1. The smallest absolute Gasteiger partial charge is 0.254 e. The molecule has 0 aliphatic heterocycles. The van der Waals surface area contributed by atoms with Crippen molar-refractivity contribution in [3.8, 4) is 11.3 Å². The fraction of sp³-hybridized carbons (Fsp3) is 0.250. The van der Waals surface area contributed by atoms with Crippen LogP contribution in [0.3, 0.4) is 0 Å². The van der Waals surface area contributed by atoms with Crippen LogP contribution in [0.15, 0.2) is 53.3 Å². The molecule has 3 rings (SSSR count). The van der Waals surface area contributed by atoms with E-state index in [1.807, 2.05) is 57.2 Å². The quantitative estimate of drug-likeness (QED) is 0.717. The molecule has 1 amide bonds. The first-order valence-corrected chi connectivity index (χ1v) is 8.18. The number of aromatic nitrogens is 2. The Morgan fingerprint density at radius 3 is 2.52 bits per heavy atom. The van der Waals surface area contributed by atoms with Crippen molar-refractivity contribution >= 4 is 5.91 Å². The van der Waals surface area contributed by atoms with Gasteiger partial charge in [0.05, 0.1) is 29.4 Å². The van der Waals surface area contributed by atoms with Gasteiger partial charge >= 0.3 is 0 Å². The molecule has 0 bridgehead atoms. The van der Waals surface area contributed by atoms with Gasteiger partial charge in [0.25, 0.3) is 5.91 Å². The first kappa shape index (κ1) is 16.9. The van der Waals surface area contributed by atoms with Crippen LogP contribution in [-0.2, 0) is 0 Å². The third-order valence-corrected chi connectivity index (χ3v) is 4.34. The van der Waals surface area contributed by atoms with Crippen LogP contribution < -0.4 is 0 Å².